The minimum atomic E-state index is 0.0142. The van der Waals surface area contributed by atoms with E-state index in [2.05, 4.69) is 10.2 Å². The minimum absolute atomic E-state index is 0.0142. The van der Waals surface area contributed by atoms with Crippen molar-refractivity contribution in [3.63, 3.8) is 0 Å². The van der Waals surface area contributed by atoms with Crippen LogP contribution in [0.25, 0.3) is 10.9 Å². The van der Waals surface area contributed by atoms with Crippen molar-refractivity contribution in [1.29, 1.82) is 0 Å². The molecule has 2 aromatic rings. The molecule has 2 atom stereocenters. The molecule has 21 heavy (non-hydrogen) atoms. The lowest BCUT2D eigenvalue weighted by atomic mass is 10.0. The van der Waals surface area contributed by atoms with E-state index in [1.54, 1.807) is 0 Å². The van der Waals surface area contributed by atoms with E-state index in [-0.39, 0.29) is 11.9 Å². The van der Waals surface area contributed by atoms with Gasteiger partial charge in [-0.05, 0) is 38.3 Å². The summed E-state index contributed by atoms with van der Waals surface area (Å²) in [7, 11) is 0. The second-order valence-corrected chi connectivity index (χ2v) is 5.70. The third-order valence-corrected chi connectivity index (χ3v) is 4.60. The van der Waals surface area contributed by atoms with Crippen molar-refractivity contribution in [2.75, 3.05) is 13.1 Å². The number of fused-ring (bicyclic) bond motifs is 1. The van der Waals surface area contributed by atoms with Crippen LogP contribution in [-0.2, 0) is 0 Å². The number of hydrogen-bond acceptors (Lipinski definition) is 3. The predicted octanol–water partition coefficient (Wildman–Crippen LogP) is 2.15. The number of benzene rings is 1. The first-order chi connectivity index (χ1) is 10.3. The van der Waals surface area contributed by atoms with Crippen molar-refractivity contribution in [1.82, 2.24) is 15.1 Å². The summed E-state index contributed by atoms with van der Waals surface area (Å²) in [5, 5.41) is 8.07. The van der Waals surface area contributed by atoms with Gasteiger partial charge in [0.25, 0.3) is 5.91 Å². The number of H-pyrrole nitrogens is 1. The molecule has 0 saturated heterocycles. The number of carbonyl (C=O) groups is 1. The van der Waals surface area contributed by atoms with E-state index in [9.17, 15) is 4.79 Å². The maximum atomic E-state index is 12.9. The van der Waals surface area contributed by atoms with Gasteiger partial charge in [0.1, 0.15) is 0 Å². The maximum absolute atomic E-state index is 12.9. The number of aromatic nitrogens is 2. The fraction of sp³-hybridized carbons (Fsp3) is 0.500. The van der Waals surface area contributed by atoms with Crippen molar-refractivity contribution < 1.29 is 4.79 Å². The highest BCUT2D eigenvalue weighted by Gasteiger charge is 2.34. The summed E-state index contributed by atoms with van der Waals surface area (Å²) in [4.78, 5) is 14.9. The van der Waals surface area contributed by atoms with Gasteiger partial charge in [0.05, 0.1) is 5.52 Å². The lowest BCUT2D eigenvalue weighted by Crippen LogP contribution is -2.44. The van der Waals surface area contributed by atoms with E-state index in [0.717, 1.165) is 30.2 Å². The first-order valence-electron chi connectivity index (χ1n) is 7.70. The molecule has 3 N–H and O–H groups in total. The SMILES string of the molecule is CCN(C(=O)c1n[nH]c2ccccc12)C1CCCC1CN. The van der Waals surface area contributed by atoms with Crippen LogP contribution in [0.3, 0.4) is 0 Å². The Bertz CT molecular complexity index is 636. The van der Waals surface area contributed by atoms with Crippen molar-refractivity contribution in [3.8, 4) is 0 Å². The summed E-state index contributed by atoms with van der Waals surface area (Å²) in [6.45, 7) is 3.37. The molecule has 0 radical (unpaired) electrons. The normalized spacial score (nSPS) is 21.8. The molecule has 5 heteroatoms. The highest BCUT2D eigenvalue weighted by atomic mass is 16.2. The van der Waals surface area contributed by atoms with Gasteiger partial charge < -0.3 is 10.6 Å². The molecule has 0 spiro atoms. The van der Waals surface area contributed by atoms with E-state index in [1.165, 1.54) is 0 Å². The first kappa shape index (κ1) is 14.1. The molecule has 1 aromatic carbocycles. The average Bonchev–Trinajstić information content (AvgIpc) is 3.14. The summed E-state index contributed by atoms with van der Waals surface area (Å²) in [5.74, 6) is 0.430. The number of nitrogens with zero attached hydrogens (tertiary/aromatic N) is 2. The van der Waals surface area contributed by atoms with Gasteiger partial charge >= 0.3 is 0 Å². The van der Waals surface area contributed by atoms with Gasteiger partial charge in [-0.15, -0.1) is 0 Å². The molecule has 1 fully saturated rings. The molecule has 0 aliphatic heterocycles. The number of nitrogens with one attached hydrogen (secondary N) is 1. The van der Waals surface area contributed by atoms with E-state index >= 15 is 0 Å². The van der Waals surface area contributed by atoms with Crippen LogP contribution < -0.4 is 5.73 Å². The van der Waals surface area contributed by atoms with Gasteiger partial charge in [0.15, 0.2) is 5.69 Å². The molecular weight excluding hydrogens is 264 g/mol. The first-order valence-corrected chi connectivity index (χ1v) is 7.70. The molecule has 1 aliphatic rings. The Labute approximate surface area is 124 Å². The third kappa shape index (κ3) is 2.42. The van der Waals surface area contributed by atoms with E-state index in [4.69, 9.17) is 5.73 Å². The molecule has 1 aromatic heterocycles. The van der Waals surface area contributed by atoms with Crippen LogP contribution >= 0.6 is 0 Å². The van der Waals surface area contributed by atoms with Crippen molar-refractivity contribution in [3.05, 3.63) is 30.0 Å². The van der Waals surface area contributed by atoms with E-state index in [0.29, 0.717) is 24.7 Å². The molecule has 1 amide bonds. The van der Waals surface area contributed by atoms with Crippen LogP contribution in [0.15, 0.2) is 24.3 Å². The van der Waals surface area contributed by atoms with Crippen molar-refractivity contribution in [2.24, 2.45) is 11.7 Å². The lowest BCUT2D eigenvalue weighted by molar-refractivity contribution is 0.0648. The Morgan fingerprint density at radius 1 is 1.43 bits per heavy atom. The zero-order valence-corrected chi connectivity index (χ0v) is 12.4. The molecule has 1 saturated carbocycles. The van der Waals surface area contributed by atoms with E-state index in [1.807, 2.05) is 36.1 Å². The topological polar surface area (TPSA) is 75.0 Å². The molecule has 1 aliphatic carbocycles. The molecule has 1 heterocycles. The maximum Gasteiger partial charge on any atom is 0.275 e. The number of para-hydroxylation sites is 1. The summed E-state index contributed by atoms with van der Waals surface area (Å²) in [6.07, 6.45) is 3.31. The smallest absolute Gasteiger partial charge is 0.275 e. The standard InChI is InChI=1S/C16H22N4O/c1-2-20(14-9-5-6-11(14)10-17)16(21)15-12-7-3-4-8-13(12)18-19-15/h3-4,7-8,11,14H,2,5-6,9-10,17H2,1H3,(H,18,19). The van der Waals surface area contributed by atoms with Gasteiger partial charge in [-0.2, -0.15) is 5.10 Å². The average molecular weight is 286 g/mol. The van der Waals surface area contributed by atoms with Gasteiger partial charge in [0.2, 0.25) is 0 Å². The number of rotatable bonds is 4. The number of hydrogen-bond donors (Lipinski definition) is 2. The molecule has 5 nitrogen and oxygen atoms in total. The van der Waals surface area contributed by atoms with Gasteiger partial charge in [-0.25, -0.2) is 0 Å². The quantitative estimate of drug-likeness (QED) is 0.904. The molecule has 3 rings (SSSR count). The summed E-state index contributed by atoms with van der Waals surface area (Å²) < 4.78 is 0. The Kier molecular flexibility index (Phi) is 3.92. The minimum Gasteiger partial charge on any atom is -0.334 e. The second-order valence-electron chi connectivity index (χ2n) is 5.70. The van der Waals surface area contributed by atoms with Crippen LogP contribution in [0.4, 0.5) is 0 Å². The van der Waals surface area contributed by atoms with Gasteiger partial charge in [-0.3, -0.25) is 9.89 Å². The highest BCUT2D eigenvalue weighted by molar-refractivity contribution is 6.04. The fourth-order valence-corrected chi connectivity index (χ4v) is 3.49. The number of aromatic amines is 1. The fourth-order valence-electron chi connectivity index (χ4n) is 3.49. The number of carbonyl (C=O) groups excluding carboxylic acids is 1. The Balaban J connectivity index is 1.92. The monoisotopic (exact) mass is 286 g/mol. The van der Waals surface area contributed by atoms with Crippen LogP contribution in [0.2, 0.25) is 0 Å². The molecule has 2 unspecified atom stereocenters. The van der Waals surface area contributed by atoms with Crippen molar-refractivity contribution in [2.45, 2.75) is 32.2 Å². The molecule has 0 bridgehead atoms. The number of nitrogens with two attached hydrogens (primary N) is 1. The summed E-state index contributed by atoms with van der Waals surface area (Å²) in [6, 6.07) is 8.00. The van der Waals surface area contributed by atoms with Crippen LogP contribution in [0.5, 0.6) is 0 Å². The molecular formula is C16H22N4O. The third-order valence-electron chi connectivity index (χ3n) is 4.60. The number of amides is 1. The lowest BCUT2D eigenvalue weighted by Gasteiger charge is -2.31. The van der Waals surface area contributed by atoms with Gasteiger partial charge in [0, 0.05) is 18.0 Å². The zero-order valence-electron chi connectivity index (χ0n) is 12.4. The Morgan fingerprint density at radius 3 is 3.00 bits per heavy atom. The Morgan fingerprint density at radius 2 is 2.24 bits per heavy atom. The van der Waals surface area contributed by atoms with E-state index < -0.39 is 0 Å². The predicted molar refractivity (Wildman–Crippen MR) is 83.0 cm³/mol. The largest absolute Gasteiger partial charge is 0.334 e. The highest BCUT2D eigenvalue weighted by Crippen LogP contribution is 2.30. The Hall–Kier alpha value is -1.88. The van der Waals surface area contributed by atoms with Crippen molar-refractivity contribution >= 4 is 16.8 Å². The van der Waals surface area contributed by atoms with Gasteiger partial charge in [-0.1, -0.05) is 24.6 Å². The van der Waals surface area contributed by atoms with Crippen LogP contribution in [0, 0.1) is 5.92 Å². The van der Waals surface area contributed by atoms with Crippen LogP contribution in [-0.4, -0.2) is 40.1 Å². The molecule has 112 valence electrons. The second kappa shape index (κ2) is 5.85. The summed E-state index contributed by atoms with van der Waals surface area (Å²) in [5.41, 5.74) is 7.29. The summed E-state index contributed by atoms with van der Waals surface area (Å²) >= 11 is 0. The zero-order chi connectivity index (χ0) is 14.8. The van der Waals surface area contributed by atoms with Crippen LogP contribution in [0.1, 0.15) is 36.7 Å².